The number of thioether (sulfide) groups is 1. The van der Waals surface area contributed by atoms with Crippen molar-refractivity contribution in [2.75, 3.05) is 5.75 Å². The predicted molar refractivity (Wildman–Crippen MR) is 71.9 cm³/mol. The molecule has 19 heavy (non-hydrogen) atoms. The zero-order valence-electron chi connectivity index (χ0n) is 9.58. The molecule has 0 bridgehead atoms. The van der Waals surface area contributed by atoms with Crippen LogP contribution in [-0.4, -0.2) is 40.2 Å². The number of hydrogen-bond acceptors (Lipinski definition) is 6. The summed E-state index contributed by atoms with van der Waals surface area (Å²) < 4.78 is 13.1. The SMILES string of the molecule is O=C1CSC(=NN=Cc2cc(F)ccc2B(O)O)N1. The third-order valence-electron chi connectivity index (χ3n) is 2.26. The van der Waals surface area contributed by atoms with E-state index in [-0.39, 0.29) is 22.7 Å². The van der Waals surface area contributed by atoms with E-state index in [9.17, 15) is 9.18 Å². The van der Waals surface area contributed by atoms with Crippen LogP contribution in [-0.2, 0) is 4.79 Å². The van der Waals surface area contributed by atoms with Crippen LogP contribution in [0.1, 0.15) is 5.56 Å². The maximum atomic E-state index is 13.1. The third kappa shape index (κ3) is 3.63. The molecular formula is C10H9BFN3O3S. The molecule has 1 aliphatic heterocycles. The van der Waals surface area contributed by atoms with Crippen molar-refractivity contribution in [2.45, 2.75) is 0 Å². The highest BCUT2D eigenvalue weighted by atomic mass is 32.2. The average Bonchev–Trinajstić information content (AvgIpc) is 2.75. The van der Waals surface area contributed by atoms with Crippen LogP contribution in [0.3, 0.4) is 0 Å². The molecule has 1 aromatic carbocycles. The molecule has 1 fully saturated rings. The number of amides is 1. The topological polar surface area (TPSA) is 94.3 Å². The summed E-state index contributed by atoms with van der Waals surface area (Å²) in [5, 5.41) is 28.5. The Balaban J connectivity index is 2.18. The normalized spacial score (nSPS) is 17.2. The summed E-state index contributed by atoms with van der Waals surface area (Å²) >= 11 is 1.20. The zero-order chi connectivity index (χ0) is 13.8. The lowest BCUT2D eigenvalue weighted by atomic mass is 9.77. The van der Waals surface area contributed by atoms with Crippen molar-refractivity contribution in [1.29, 1.82) is 0 Å². The molecule has 6 nitrogen and oxygen atoms in total. The highest BCUT2D eigenvalue weighted by Crippen LogP contribution is 2.08. The summed E-state index contributed by atoms with van der Waals surface area (Å²) in [6, 6.07) is 3.48. The van der Waals surface area contributed by atoms with Crippen molar-refractivity contribution >= 4 is 41.6 Å². The first-order valence-corrected chi connectivity index (χ1v) is 6.24. The molecule has 9 heteroatoms. The highest BCUT2D eigenvalue weighted by molar-refractivity contribution is 8.15. The first kappa shape index (κ1) is 13.7. The average molecular weight is 281 g/mol. The van der Waals surface area contributed by atoms with Crippen molar-refractivity contribution in [3.63, 3.8) is 0 Å². The number of rotatable bonds is 3. The van der Waals surface area contributed by atoms with Gasteiger partial charge in [0, 0.05) is 0 Å². The monoisotopic (exact) mass is 281 g/mol. The Labute approximate surface area is 112 Å². The molecule has 1 heterocycles. The van der Waals surface area contributed by atoms with Gasteiger partial charge in [0.2, 0.25) is 5.91 Å². The molecule has 1 amide bonds. The second kappa shape index (κ2) is 5.96. The molecular weight excluding hydrogens is 272 g/mol. The predicted octanol–water partition coefficient (Wildman–Crippen LogP) is -0.942. The quantitative estimate of drug-likeness (QED) is 0.378. The third-order valence-corrected chi connectivity index (χ3v) is 3.12. The minimum atomic E-state index is -1.73. The second-order valence-corrected chi connectivity index (χ2v) is 4.60. The van der Waals surface area contributed by atoms with E-state index < -0.39 is 12.9 Å². The highest BCUT2D eigenvalue weighted by Gasteiger charge is 2.17. The lowest BCUT2D eigenvalue weighted by Gasteiger charge is -2.03. The van der Waals surface area contributed by atoms with E-state index in [1.165, 1.54) is 24.0 Å². The number of nitrogens with zero attached hydrogens (tertiary/aromatic N) is 2. The maximum absolute atomic E-state index is 13.1. The van der Waals surface area contributed by atoms with Crippen LogP contribution in [0, 0.1) is 5.82 Å². The lowest BCUT2D eigenvalue weighted by molar-refractivity contribution is -0.116. The molecule has 0 spiro atoms. The zero-order valence-corrected chi connectivity index (χ0v) is 10.4. The largest absolute Gasteiger partial charge is 0.489 e. The molecule has 3 N–H and O–H groups in total. The van der Waals surface area contributed by atoms with E-state index in [4.69, 9.17) is 10.0 Å². The number of benzene rings is 1. The minimum absolute atomic E-state index is 0.119. The Morgan fingerprint density at radius 1 is 1.47 bits per heavy atom. The summed E-state index contributed by atoms with van der Waals surface area (Å²) in [5.74, 6) is -0.396. The van der Waals surface area contributed by atoms with Crippen molar-refractivity contribution in [3.8, 4) is 0 Å². The van der Waals surface area contributed by atoms with Crippen LogP contribution in [0.2, 0.25) is 0 Å². The van der Waals surface area contributed by atoms with Gasteiger partial charge in [0.05, 0.1) is 12.0 Å². The van der Waals surface area contributed by atoms with Gasteiger partial charge in [0.1, 0.15) is 5.82 Å². The summed E-state index contributed by atoms with van der Waals surface area (Å²) in [5.41, 5.74) is 0.321. The smallest absolute Gasteiger partial charge is 0.423 e. The van der Waals surface area contributed by atoms with Gasteiger partial charge in [-0.2, -0.15) is 5.10 Å². The molecule has 0 saturated carbocycles. The minimum Gasteiger partial charge on any atom is -0.423 e. The lowest BCUT2D eigenvalue weighted by Crippen LogP contribution is -2.33. The number of carbonyl (C=O) groups is 1. The Kier molecular flexibility index (Phi) is 4.30. The molecule has 0 atom stereocenters. The van der Waals surface area contributed by atoms with Crippen LogP contribution in [0.4, 0.5) is 4.39 Å². The number of carbonyl (C=O) groups excluding carboxylic acids is 1. The summed E-state index contributed by atoms with van der Waals surface area (Å²) in [6.45, 7) is 0. The number of amidine groups is 1. The molecule has 0 radical (unpaired) electrons. The van der Waals surface area contributed by atoms with Crippen LogP contribution in [0.15, 0.2) is 28.4 Å². The van der Waals surface area contributed by atoms with Crippen molar-refractivity contribution in [2.24, 2.45) is 10.2 Å². The summed E-state index contributed by atoms with van der Waals surface area (Å²) in [4.78, 5) is 10.9. The van der Waals surface area contributed by atoms with E-state index >= 15 is 0 Å². The molecule has 1 aromatic rings. The van der Waals surface area contributed by atoms with Crippen molar-refractivity contribution < 1.29 is 19.2 Å². The Bertz CT molecular complexity index is 565. The molecule has 2 rings (SSSR count). The van der Waals surface area contributed by atoms with Crippen LogP contribution in [0.5, 0.6) is 0 Å². The first-order chi connectivity index (χ1) is 9.06. The maximum Gasteiger partial charge on any atom is 0.489 e. The molecule has 0 aromatic heterocycles. The van der Waals surface area contributed by atoms with Gasteiger partial charge in [-0.3, -0.25) is 4.79 Å². The Morgan fingerprint density at radius 2 is 2.26 bits per heavy atom. The fourth-order valence-electron chi connectivity index (χ4n) is 1.42. The van der Waals surface area contributed by atoms with Gasteiger partial charge >= 0.3 is 7.12 Å². The Hall–Kier alpha value is -1.71. The van der Waals surface area contributed by atoms with Gasteiger partial charge in [0.25, 0.3) is 0 Å². The van der Waals surface area contributed by atoms with Crippen LogP contribution >= 0.6 is 11.8 Å². The van der Waals surface area contributed by atoms with Gasteiger partial charge in [-0.15, -0.1) is 5.10 Å². The number of halogens is 1. The van der Waals surface area contributed by atoms with E-state index in [1.54, 1.807) is 0 Å². The summed E-state index contributed by atoms with van der Waals surface area (Å²) in [6.07, 6.45) is 1.19. The van der Waals surface area contributed by atoms with Gasteiger partial charge in [-0.25, -0.2) is 4.39 Å². The number of nitrogens with one attached hydrogen (secondary N) is 1. The van der Waals surface area contributed by atoms with Crippen molar-refractivity contribution in [1.82, 2.24) is 5.32 Å². The molecule has 98 valence electrons. The van der Waals surface area contributed by atoms with Gasteiger partial charge in [0.15, 0.2) is 5.17 Å². The molecule has 0 aliphatic carbocycles. The van der Waals surface area contributed by atoms with Gasteiger partial charge in [-0.1, -0.05) is 17.8 Å². The van der Waals surface area contributed by atoms with Crippen LogP contribution < -0.4 is 10.8 Å². The second-order valence-electron chi connectivity index (χ2n) is 3.63. The fraction of sp³-hybridized carbons (Fsp3) is 0.100. The van der Waals surface area contributed by atoms with E-state index in [1.807, 2.05) is 0 Å². The standard InChI is InChI=1S/C10H9BFN3O3S/c12-7-1-2-8(11(17)18)6(3-7)4-13-15-10-14-9(16)5-19-10/h1-4,17-18H,5H2,(H,14,15,16). The van der Waals surface area contributed by atoms with Crippen molar-refractivity contribution in [3.05, 3.63) is 29.6 Å². The molecule has 0 unspecified atom stereocenters. The molecule has 1 saturated heterocycles. The number of hydrogen-bond donors (Lipinski definition) is 3. The van der Waals surface area contributed by atoms with Gasteiger partial charge < -0.3 is 15.4 Å². The van der Waals surface area contributed by atoms with Crippen LogP contribution in [0.25, 0.3) is 0 Å². The fourth-order valence-corrected chi connectivity index (χ4v) is 2.05. The van der Waals surface area contributed by atoms with Gasteiger partial charge in [-0.05, 0) is 23.2 Å². The first-order valence-electron chi connectivity index (χ1n) is 5.25. The van der Waals surface area contributed by atoms with E-state index in [0.29, 0.717) is 5.17 Å². The Morgan fingerprint density at radius 3 is 2.89 bits per heavy atom. The molecule has 1 aliphatic rings. The summed E-state index contributed by atoms with van der Waals surface area (Å²) in [7, 11) is -1.73. The van der Waals surface area contributed by atoms with E-state index in [0.717, 1.165) is 12.1 Å². The van der Waals surface area contributed by atoms with E-state index in [2.05, 4.69) is 15.5 Å².